The van der Waals surface area contributed by atoms with E-state index in [4.69, 9.17) is 0 Å². The number of phenols is 1. The third kappa shape index (κ3) is 3.68. The molecule has 0 unspecified atom stereocenters. The van der Waals surface area contributed by atoms with E-state index in [9.17, 15) is 9.90 Å². The SMILES string of the molecule is C=CCN(CC=C)C(=O)Nc1ccccc1O. The topological polar surface area (TPSA) is 52.6 Å². The summed E-state index contributed by atoms with van der Waals surface area (Å²) in [6.07, 6.45) is 3.27. The summed E-state index contributed by atoms with van der Waals surface area (Å²) in [5, 5.41) is 12.1. The van der Waals surface area contributed by atoms with Crippen molar-refractivity contribution in [3.63, 3.8) is 0 Å². The van der Waals surface area contributed by atoms with E-state index < -0.39 is 0 Å². The largest absolute Gasteiger partial charge is 0.506 e. The molecule has 2 amide bonds. The van der Waals surface area contributed by atoms with Crippen molar-refractivity contribution in [1.82, 2.24) is 4.90 Å². The van der Waals surface area contributed by atoms with Crippen molar-refractivity contribution in [2.24, 2.45) is 0 Å². The van der Waals surface area contributed by atoms with Gasteiger partial charge in [-0.15, -0.1) is 13.2 Å². The van der Waals surface area contributed by atoms with E-state index in [1.54, 1.807) is 30.4 Å². The summed E-state index contributed by atoms with van der Waals surface area (Å²) < 4.78 is 0. The molecule has 0 aliphatic carbocycles. The molecule has 0 saturated heterocycles. The molecule has 4 nitrogen and oxygen atoms in total. The smallest absolute Gasteiger partial charge is 0.322 e. The van der Waals surface area contributed by atoms with Gasteiger partial charge in [-0.2, -0.15) is 0 Å². The minimum Gasteiger partial charge on any atom is -0.506 e. The number of carbonyl (C=O) groups excluding carboxylic acids is 1. The van der Waals surface area contributed by atoms with Gasteiger partial charge in [0.1, 0.15) is 5.75 Å². The maximum atomic E-state index is 11.9. The normalized spacial score (nSPS) is 9.41. The number of amides is 2. The van der Waals surface area contributed by atoms with E-state index in [2.05, 4.69) is 18.5 Å². The number of para-hydroxylation sites is 2. The fourth-order valence-electron chi connectivity index (χ4n) is 1.33. The Morgan fingerprint density at radius 1 is 1.29 bits per heavy atom. The molecule has 0 atom stereocenters. The van der Waals surface area contributed by atoms with Gasteiger partial charge in [0.05, 0.1) is 5.69 Å². The first-order valence-electron chi connectivity index (χ1n) is 5.24. The highest BCUT2D eigenvalue weighted by Crippen LogP contribution is 2.21. The molecule has 4 heteroatoms. The monoisotopic (exact) mass is 232 g/mol. The molecule has 0 aromatic heterocycles. The highest BCUT2D eigenvalue weighted by molar-refractivity contribution is 5.91. The van der Waals surface area contributed by atoms with E-state index in [0.29, 0.717) is 18.8 Å². The Hall–Kier alpha value is -2.23. The van der Waals surface area contributed by atoms with Gasteiger partial charge in [-0.3, -0.25) is 0 Å². The van der Waals surface area contributed by atoms with Crippen LogP contribution in [-0.4, -0.2) is 29.1 Å². The lowest BCUT2D eigenvalue weighted by atomic mass is 10.3. The van der Waals surface area contributed by atoms with Gasteiger partial charge in [-0.1, -0.05) is 24.3 Å². The number of phenolic OH excluding ortho intramolecular Hbond substituents is 1. The maximum Gasteiger partial charge on any atom is 0.322 e. The van der Waals surface area contributed by atoms with Crippen LogP contribution in [0.1, 0.15) is 0 Å². The molecule has 1 aromatic carbocycles. The van der Waals surface area contributed by atoms with Crippen LogP contribution in [0.5, 0.6) is 5.75 Å². The number of urea groups is 1. The van der Waals surface area contributed by atoms with Crippen LogP contribution in [0.15, 0.2) is 49.6 Å². The lowest BCUT2D eigenvalue weighted by molar-refractivity contribution is 0.222. The standard InChI is InChI=1S/C13H16N2O2/c1-3-9-15(10-4-2)13(17)14-11-7-5-6-8-12(11)16/h3-8,16H,1-2,9-10H2,(H,14,17). The molecule has 0 saturated carbocycles. The van der Waals surface area contributed by atoms with Crippen LogP contribution >= 0.6 is 0 Å². The third-order valence-corrected chi connectivity index (χ3v) is 2.13. The summed E-state index contributed by atoms with van der Waals surface area (Å²) in [5.41, 5.74) is 0.385. The number of nitrogens with zero attached hydrogens (tertiary/aromatic N) is 1. The lowest BCUT2D eigenvalue weighted by Gasteiger charge is -2.20. The van der Waals surface area contributed by atoms with Gasteiger partial charge >= 0.3 is 6.03 Å². The lowest BCUT2D eigenvalue weighted by Crippen LogP contribution is -2.35. The van der Waals surface area contributed by atoms with E-state index in [0.717, 1.165) is 0 Å². The molecular weight excluding hydrogens is 216 g/mol. The number of nitrogens with one attached hydrogen (secondary N) is 1. The first kappa shape index (κ1) is 12.8. The van der Waals surface area contributed by atoms with E-state index in [1.165, 1.54) is 11.0 Å². The van der Waals surface area contributed by atoms with Crippen molar-refractivity contribution >= 4 is 11.7 Å². The van der Waals surface area contributed by atoms with Crippen molar-refractivity contribution in [2.45, 2.75) is 0 Å². The van der Waals surface area contributed by atoms with Gasteiger partial charge < -0.3 is 15.3 Å². The zero-order valence-electron chi connectivity index (χ0n) is 9.60. The molecule has 0 aliphatic heterocycles. The van der Waals surface area contributed by atoms with Crippen molar-refractivity contribution < 1.29 is 9.90 Å². The molecule has 2 N–H and O–H groups in total. The predicted molar refractivity (Wildman–Crippen MR) is 69.1 cm³/mol. The Labute approximate surface area is 101 Å². The molecular formula is C13H16N2O2. The Morgan fingerprint density at radius 2 is 1.88 bits per heavy atom. The summed E-state index contributed by atoms with van der Waals surface area (Å²) in [4.78, 5) is 13.4. The molecule has 1 aromatic rings. The van der Waals surface area contributed by atoms with Crippen LogP contribution in [-0.2, 0) is 0 Å². The second-order valence-electron chi connectivity index (χ2n) is 3.43. The Kier molecular flexibility index (Phi) is 4.81. The summed E-state index contributed by atoms with van der Waals surface area (Å²) >= 11 is 0. The Balaban J connectivity index is 2.72. The fraction of sp³-hybridized carbons (Fsp3) is 0.154. The van der Waals surface area contributed by atoms with Crippen LogP contribution in [0, 0.1) is 0 Å². The van der Waals surface area contributed by atoms with Crippen LogP contribution < -0.4 is 5.32 Å². The second-order valence-corrected chi connectivity index (χ2v) is 3.43. The van der Waals surface area contributed by atoms with Gasteiger partial charge in [-0.05, 0) is 12.1 Å². The predicted octanol–water partition coefficient (Wildman–Crippen LogP) is 2.60. The zero-order valence-corrected chi connectivity index (χ0v) is 9.60. The molecule has 1 rings (SSSR count). The van der Waals surface area contributed by atoms with Gasteiger partial charge in [0, 0.05) is 13.1 Å². The number of rotatable bonds is 5. The zero-order chi connectivity index (χ0) is 12.7. The number of anilines is 1. The van der Waals surface area contributed by atoms with Crippen molar-refractivity contribution in [1.29, 1.82) is 0 Å². The van der Waals surface area contributed by atoms with E-state index in [-0.39, 0.29) is 11.8 Å². The first-order valence-corrected chi connectivity index (χ1v) is 5.24. The quantitative estimate of drug-likeness (QED) is 0.605. The summed E-state index contributed by atoms with van der Waals surface area (Å²) in [5.74, 6) is 0.0398. The summed E-state index contributed by atoms with van der Waals surface area (Å²) in [7, 11) is 0. The highest BCUT2D eigenvalue weighted by atomic mass is 16.3. The summed E-state index contributed by atoms with van der Waals surface area (Å²) in [6, 6.07) is 6.27. The Bertz CT molecular complexity index is 406. The maximum absolute atomic E-state index is 11.9. The average molecular weight is 232 g/mol. The molecule has 0 radical (unpaired) electrons. The molecule has 0 fully saturated rings. The fourth-order valence-corrected chi connectivity index (χ4v) is 1.33. The molecule has 0 heterocycles. The van der Waals surface area contributed by atoms with E-state index in [1.807, 2.05) is 0 Å². The van der Waals surface area contributed by atoms with Crippen LogP contribution in [0.4, 0.5) is 10.5 Å². The molecule has 0 bridgehead atoms. The minimum atomic E-state index is -0.300. The van der Waals surface area contributed by atoms with Gasteiger partial charge in [0.2, 0.25) is 0 Å². The molecule has 90 valence electrons. The first-order chi connectivity index (χ1) is 8.19. The minimum absolute atomic E-state index is 0.0398. The van der Waals surface area contributed by atoms with Crippen molar-refractivity contribution in [2.75, 3.05) is 18.4 Å². The van der Waals surface area contributed by atoms with Crippen LogP contribution in [0.2, 0.25) is 0 Å². The van der Waals surface area contributed by atoms with Crippen molar-refractivity contribution in [3.8, 4) is 5.75 Å². The van der Waals surface area contributed by atoms with Gasteiger partial charge in [0.25, 0.3) is 0 Å². The third-order valence-electron chi connectivity index (χ3n) is 2.13. The van der Waals surface area contributed by atoms with Gasteiger partial charge in [-0.25, -0.2) is 4.79 Å². The number of hydrogen-bond donors (Lipinski definition) is 2. The average Bonchev–Trinajstić information content (AvgIpc) is 2.32. The van der Waals surface area contributed by atoms with Gasteiger partial charge in [0.15, 0.2) is 0 Å². The molecule has 0 spiro atoms. The van der Waals surface area contributed by atoms with Crippen LogP contribution in [0.25, 0.3) is 0 Å². The molecule has 17 heavy (non-hydrogen) atoms. The second kappa shape index (κ2) is 6.37. The van der Waals surface area contributed by atoms with E-state index >= 15 is 0 Å². The highest BCUT2D eigenvalue weighted by Gasteiger charge is 2.11. The number of aromatic hydroxyl groups is 1. The molecule has 0 aliphatic rings. The summed E-state index contributed by atoms with van der Waals surface area (Å²) in [6.45, 7) is 8.01. The Morgan fingerprint density at radius 3 is 2.41 bits per heavy atom. The van der Waals surface area contributed by atoms with Crippen molar-refractivity contribution in [3.05, 3.63) is 49.6 Å². The number of hydrogen-bond acceptors (Lipinski definition) is 2. The van der Waals surface area contributed by atoms with Crippen LogP contribution in [0.3, 0.4) is 0 Å². The number of carbonyl (C=O) groups is 1. The number of benzene rings is 1.